The van der Waals surface area contributed by atoms with E-state index < -0.39 is 0 Å². The molecular weight excluding hydrogens is 302 g/mol. The van der Waals surface area contributed by atoms with Gasteiger partial charge in [0.25, 0.3) is 0 Å². The normalized spacial score (nSPS) is 20.8. The fraction of sp³-hybridized carbons (Fsp3) is 0.368. The number of nitrogens with zero attached hydrogens (tertiary/aromatic N) is 3. The van der Waals surface area contributed by atoms with Crippen molar-refractivity contribution in [1.82, 2.24) is 9.88 Å². The molecule has 0 N–H and O–H groups in total. The standard InChI is InChI=1S/C19H21N3O2/c1-14-5-6-15-11-21(12-16-4-2-3-8-20-16)9-7-17-13-24-19(23)22(17)18(15)10-14/h2-6,8,10,17H,7,9,11-13H2,1H3/t17-/m0/s1. The van der Waals surface area contributed by atoms with Crippen LogP contribution in [0.25, 0.3) is 0 Å². The molecule has 124 valence electrons. The van der Waals surface area contributed by atoms with Gasteiger partial charge in [0, 0.05) is 25.8 Å². The van der Waals surface area contributed by atoms with Crippen molar-refractivity contribution in [3.8, 4) is 0 Å². The van der Waals surface area contributed by atoms with E-state index in [9.17, 15) is 4.79 Å². The highest BCUT2D eigenvalue weighted by atomic mass is 16.6. The lowest BCUT2D eigenvalue weighted by molar-refractivity contribution is 0.177. The molecule has 2 aliphatic heterocycles. The number of carbonyl (C=O) groups is 1. The van der Waals surface area contributed by atoms with Crippen molar-refractivity contribution >= 4 is 11.8 Å². The molecule has 2 aromatic rings. The summed E-state index contributed by atoms with van der Waals surface area (Å²) < 4.78 is 5.32. The molecule has 0 bridgehead atoms. The van der Waals surface area contributed by atoms with Crippen molar-refractivity contribution in [3.05, 3.63) is 59.4 Å². The van der Waals surface area contributed by atoms with Crippen molar-refractivity contribution in [1.29, 1.82) is 0 Å². The number of amides is 1. The summed E-state index contributed by atoms with van der Waals surface area (Å²) in [6.07, 6.45) is 2.53. The summed E-state index contributed by atoms with van der Waals surface area (Å²) in [5.74, 6) is 0. The van der Waals surface area contributed by atoms with Crippen LogP contribution in [0.4, 0.5) is 10.5 Å². The Labute approximate surface area is 141 Å². The molecule has 1 fully saturated rings. The summed E-state index contributed by atoms with van der Waals surface area (Å²) in [5.41, 5.74) is 4.39. The first-order valence-electron chi connectivity index (χ1n) is 8.38. The van der Waals surface area contributed by atoms with Crippen LogP contribution in [0.1, 0.15) is 23.2 Å². The van der Waals surface area contributed by atoms with Crippen molar-refractivity contribution in [2.75, 3.05) is 18.1 Å². The molecule has 1 aromatic carbocycles. The first kappa shape index (κ1) is 15.1. The van der Waals surface area contributed by atoms with Gasteiger partial charge in [0.1, 0.15) is 6.61 Å². The summed E-state index contributed by atoms with van der Waals surface area (Å²) in [6.45, 7) is 5.07. The largest absolute Gasteiger partial charge is 0.447 e. The van der Waals surface area contributed by atoms with Crippen LogP contribution >= 0.6 is 0 Å². The van der Waals surface area contributed by atoms with Crippen LogP contribution in [0.2, 0.25) is 0 Å². The van der Waals surface area contributed by atoms with Gasteiger partial charge in [0.15, 0.2) is 0 Å². The van der Waals surface area contributed by atoms with Gasteiger partial charge in [-0.1, -0.05) is 18.2 Å². The molecule has 5 heteroatoms. The average molecular weight is 323 g/mol. The van der Waals surface area contributed by atoms with Crippen LogP contribution in [0.5, 0.6) is 0 Å². The molecule has 0 saturated carbocycles. The number of rotatable bonds is 2. The van der Waals surface area contributed by atoms with E-state index in [0.29, 0.717) is 6.61 Å². The minimum Gasteiger partial charge on any atom is -0.447 e. The predicted octanol–water partition coefficient (Wildman–Crippen LogP) is 3.12. The van der Waals surface area contributed by atoms with Crippen molar-refractivity contribution in [2.24, 2.45) is 0 Å². The van der Waals surface area contributed by atoms with Gasteiger partial charge in [-0.15, -0.1) is 0 Å². The smallest absolute Gasteiger partial charge is 0.414 e. The zero-order valence-corrected chi connectivity index (χ0v) is 13.8. The highest BCUT2D eigenvalue weighted by Crippen LogP contribution is 2.32. The minimum atomic E-state index is -0.218. The molecule has 5 nitrogen and oxygen atoms in total. The summed E-state index contributed by atoms with van der Waals surface area (Å²) >= 11 is 0. The van der Waals surface area contributed by atoms with Crippen LogP contribution in [0.15, 0.2) is 42.6 Å². The lowest BCUT2D eigenvalue weighted by Gasteiger charge is -2.32. The monoisotopic (exact) mass is 323 g/mol. The van der Waals surface area contributed by atoms with E-state index in [1.54, 1.807) is 0 Å². The molecule has 0 spiro atoms. The van der Waals surface area contributed by atoms with Gasteiger partial charge in [0.05, 0.1) is 17.4 Å². The molecule has 3 heterocycles. The number of ether oxygens (including phenoxy) is 1. The number of anilines is 1. The molecular formula is C19H21N3O2. The Morgan fingerprint density at radius 2 is 2.21 bits per heavy atom. The number of benzene rings is 1. The third-order valence-corrected chi connectivity index (χ3v) is 4.75. The maximum atomic E-state index is 12.2. The van der Waals surface area contributed by atoms with Crippen LogP contribution in [-0.4, -0.2) is 35.2 Å². The number of pyridine rings is 1. The van der Waals surface area contributed by atoms with Gasteiger partial charge >= 0.3 is 6.09 Å². The maximum Gasteiger partial charge on any atom is 0.414 e. The highest BCUT2D eigenvalue weighted by molar-refractivity contribution is 5.91. The first-order chi connectivity index (χ1) is 11.7. The quantitative estimate of drug-likeness (QED) is 0.852. The van der Waals surface area contributed by atoms with Crippen molar-refractivity contribution in [2.45, 2.75) is 32.5 Å². The van der Waals surface area contributed by atoms with Crippen molar-refractivity contribution in [3.63, 3.8) is 0 Å². The number of fused-ring (bicyclic) bond motifs is 3. The minimum absolute atomic E-state index is 0.115. The third kappa shape index (κ3) is 2.87. The van der Waals surface area contributed by atoms with E-state index in [-0.39, 0.29) is 12.1 Å². The highest BCUT2D eigenvalue weighted by Gasteiger charge is 2.37. The maximum absolute atomic E-state index is 12.2. The van der Waals surface area contributed by atoms with Crippen LogP contribution in [0, 0.1) is 6.92 Å². The van der Waals surface area contributed by atoms with Crippen LogP contribution < -0.4 is 4.90 Å². The second-order valence-corrected chi connectivity index (χ2v) is 6.55. The van der Waals surface area contributed by atoms with Gasteiger partial charge in [0.2, 0.25) is 0 Å². The van der Waals surface area contributed by atoms with Crippen LogP contribution in [0.3, 0.4) is 0 Å². The fourth-order valence-corrected chi connectivity index (χ4v) is 3.51. The predicted molar refractivity (Wildman–Crippen MR) is 91.8 cm³/mol. The van der Waals surface area contributed by atoms with E-state index in [0.717, 1.165) is 43.0 Å². The number of cyclic esters (lactones) is 1. The van der Waals surface area contributed by atoms with Gasteiger partial charge < -0.3 is 4.74 Å². The van der Waals surface area contributed by atoms with Gasteiger partial charge in [-0.05, 0) is 42.7 Å². The Kier molecular flexibility index (Phi) is 3.94. The molecule has 0 radical (unpaired) electrons. The van der Waals surface area contributed by atoms with E-state index in [4.69, 9.17) is 4.74 Å². The van der Waals surface area contributed by atoms with Crippen LogP contribution in [-0.2, 0) is 17.8 Å². The molecule has 24 heavy (non-hydrogen) atoms. The average Bonchev–Trinajstić information content (AvgIpc) is 2.94. The summed E-state index contributed by atoms with van der Waals surface area (Å²) in [6, 6.07) is 12.5. The van der Waals surface area contributed by atoms with Crippen molar-refractivity contribution < 1.29 is 9.53 Å². The molecule has 1 saturated heterocycles. The molecule has 0 unspecified atom stereocenters. The second kappa shape index (κ2) is 6.24. The van der Waals surface area contributed by atoms with E-state index in [1.165, 1.54) is 5.56 Å². The van der Waals surface area contributed by atoms with Gasteiger partial charge in [-0.3, -0.25) is 14.8 Å². The Hall–Kier alpha value is -2.40. The number of hydrogen-bond acceptors (Lipinski definition) is 4. The Morgan fingerprint density at radius 1 is 1.29 bits per heavy atom. The molecule has 0 aliphatic carbocycles. The Morgan fingerprint density at radius 3 is 3.04 bits per heavy atom. The number of carbonyl (C=O) groups excluding carboxylic acids is 1. The van der Waals surface area contributed by atoms with Gasteiger partial charge in [-0.2, -0.15) is 0 Å². The van der Waals surface area contributed by atoms with E-state index >= 15 is 0 Å². The molecule has 4 rings (SSSR count). The third-order valence-electron chi connectivity index (χ3n) is 4.75. The Bertz CT molecular complexity index is 748. The fourth-order valence-electron chi connectivity index (χ4n) is 3.51. The topological polar surface area (TPSA) is 45.7 Å². The lowest BCUT2D eigenvalue weighted by Crippen LogP contribution is -2.40. The Balaban J connectivity index is 1.66. The SMILES string of the molecule is Cc1ccc2c(c1)N1C(=O)OC[C@@H]1CCN(Cc1ccccn1)C2. The summed E-state index contributed by atoms with van der Waals surface area (Å²) in [5, 5.41) is 0. The number of aryl methyl sites for hydroxylation is 1. The zero-order valence-electron chi connectivity index (χ0n) is 13.8. The number of hydrogen-bond donors (Lipinski definition) is 0. The van der Waals surface area contributed by atoms with Gasteiger partial charge in [-0.25, -0.2) is 4.79 Å². The van der Waals surface area contributed by atoms with E-state index in [2.05, 4.69) is 41.1 Å². The summed E-state index contributed by atoms with van der Waals surface area (Å²) in [7, 11) is 0. The summed E-state index contributed by atoms with van der Waals surface area (Å²) in [4.78, 5) is 20.9. The second-order valence-electron chi connectivity index (χ2n) is 6.55. The lowest BCUT2D eigenvalue weighted by atomic mass is 10.0. The molecule has 1 atom stereocenters. The zero-order chi connectivity index (χ0) is 16.5. The first-order valence-corrected chi connectivity index (χ1v) is 8.38. The van der Waals surface area contributed by atoms with E-state index in [1.807, 2.05) is 23.2 Å². The molecule has 1 aromatic heterocycles. The number of aromatic nitrogens is 1. The molecule has 2 aliphatic rings. The molecule has 1 amide bonds.